The Morgan fingerprint density at radius 3 is 3.00 bits per heavy atom. The number of anilines is 1. The zero-order valence-electron chi connectivity index (χ0n) is 15.3. The van der Waals surface area contributed by atoms with Gasteiger partial charge in [-0.1, -0.05) is 6.08 Å². The number of fused-ring (bicyclic) bond motifs is 1. The minimum atomic E-state index is -0.470. The number of hydrogen-bond donors (Lipinski definition) is 2. The van der Waals surface area contributed by atoms with Crippen molar-refractivity contribution in [3.05, 3.63) is 35.2 Å². The van der Waals surface area contributed by atoms with Crippen LogP contribution in [-0.2, 0) is 9.59 Å². The van der Waals surface area contributed by atoms with Gasteiger partial charge in [0.2, 0.25) is 11.8 Å². The predicted octanol–water partition coefficient (Wildman–Crippen LogP) is 2.86. The van der Waals surface area contributed by atoms with E-state index in [1.165, 1.54) is 12.1 Å². The molecule has 1 saturated heterocycles. The van der Waals surface area contributed by atoms with Crippen molar-refractivity contribution in [2.45, 2.75) is 44.2 Å². The Labute approximate surface area is 166 Å². The van der Waals surface area contributed by atoms with Gasteiger partial charge in [0.05, 0.1) is 6.04 Å². The lowest BCUT2D eigenvalue weighted by Gasteiger charge is -2.23. The van der Waals surface area contributed by atoms with Crippen molar-refractivity contribution < 1.29 is 14.0 Å². The van der Waals surface area contributed by atoms with E-state index in [1.54, 1.807) is 4.90 Å². The summed E-state index contributed by atoms with van der Waals surface area (Å²) in [5, 5.41) is 5.98. The highest BCUT2D eigenvalue weighted by atomic mass is 79.9. The fraction of sp³-hybridized carbons (Fsp3) is 0.526. The van der Waals surface area contributed by atoms with Gasteiger partial charge in [-0.05, 0) is 41.6 Å². The first-order chi connectivity index (χ1) is 12.8. The van der Waals surface area contributed by atoms with Gasteiger partial charge in [0.15, 0.2) is 0 Å². The molecule has 2 heterocycles. The van der Waals surface area contributed by atoms with Crippen molar-refractivity contribution in [3.8, 4) is 0 Å². The van der Waals surface area contributed by atoms with Crippen molar-refractivity contribution >= 4 is 33.6 Å². The molecule has 1 saturated carbocycles. The quantitative estimate of drug-likeness (QED) is 0.371. The molecule has 146 valence electrons. The highest BCUT2D eigenvalue weighted by molar-refractivity contribution is 9.10. The molecule has 2 N–H and O–H groups in total. The molecule has 2 fully saturated rings. The van der Waals surface area contributed by atoms with Crippen LogP contribution in [0.1, 0.15) is 32.1 Å². The largest absolute Gasteiger partial charge is 0.345 e. The Balaban J connectivity index is 1.53. The molecule has 1 aromatic rings. The number of unbranched alkanes of at least 4 members (excludes halogenated alkanes) is 1. The molecule has 2 amide bonds. The second kappa shape index (κ2) is 8.06. The third kappa shape index (κ3) is 4.73. The van der Waals surface area contributed by atoms with Gasteiger partial charge >= 0.3 is 0 Å². The Bertz CT molecular complexity index is 739. The summed E-state index contributed by atoms with van der Waals surface area (Å²) in [7, 11) is 1.82. The molecule has 3 rings (SSSR count). The number of rotatable bonds is 8. The molecular formula is C19H24BrFN4O2. The second-order valence-electron chi connectivity index (χ2n) is 7.46. The van der Waals surface area contributed by atoms with Crippen LogP contribution in [0.5, 0.6) is 0 Å². The van der Waals surface area contributed by atoms with E-state index < -0.39 is 5.82 Å². The summed E-state index contributed by atoms with van der Waals surface area (Å²) >= 11 is 3.11. The summed E-state index contributed by atoms with van der Waals surface area (Å²) in [5.74, 6) is -0.398. The number of halogens is 2. The van der Waals surface area contributed by atoms with E-state index in [9.17, 15) is 14.0 Å². The number of carbonyl (C=O) groups excluding carboxylic acids is 2. The maximum Gasteiger partial charge on any atom is 0.242 e. The summed E-state index contributed by atoms with van der Waals surface area (Å²) in [6, 6.07) is 2.29. The van der Waals surface area contributed by atoms with Crippen LogP contribution in [0.3, 0.4) is 0 Å². The third-order valence-corrected chi connectivity index (χ3v) is 5.71. The van der Waals surface area contributed by atoms with E-state index in [1.807, 2.05) is 13.1 Å². The van der Waals surface area contributed by atoms with E-state index in [4.69, 9.17) is 0 Å². The van der Waals surface area contributed by atoms with Crippen LogP contribution in [0, 0.1) is 11.2 Å². The summed E-state index contributed by atoms with van der Waals surface area (Å²) in [5.41, 5.74) is -0.0409. The van der Waals surface area contributed by atoms with Crippen molar-refractivity contribution in [3.63, 3.8) is 0 Å². The molecule has 0 bridgehead atoms. The Hall–Kier alpha value is -1.80. The number of aromatic nitrogens is 1. The zero-order chi connectivity index (χ0) is 19.6. The molecule has 2 aliphatic rings. The minimum absolute atomic E-state index is 0.0409. The Morgan fingerprint density at radius 1 is 1.52 bits per heavy atom. The van der Waals surface area contributed by atoms with Gasteiger partial charge in [-0.25, -0.2) is 9.37 Å². The second-order valence-corrected chi connectivity index (χ2v) is 8.27. The van der Waals surface area contributed by atoms with Gasteiger partial charge in [-0.2, -0.15) is 0 Å². The summed E-state index contributed by atoms with van der Waals surface area (Å²) in [4.78, 5) is 30.6. The average Bonchev–Trinajstić information content (AvgIpc) is 3.13. The first-order valence-corrected chi connectivity index (χ1v) is 9.87. The Kier molecular flexibility index (Phi) is 5.95. The number of nitrogens with zero attached hydrogens (tertiary/aromatic N) is 2. The molecule has 0 aromatic carbocycles. The smallest absolute Gasteiger partial charge is 0.242 e. The molecular weight excluding hydrogens is 415 g/mol. The van der Waals surface area contributed by atoms with E-state index in [0.717, 1.165) is 19.3 Å². The summed E-state index contributed by atoms with van der Waals surface area (Å²) in [6.45, 7) is 4.31. The molecule has 1 aliphatic heterocycles. The Morgan fingerprint density at radius 2 is 2.30 bits per heavy atom. The fourth-order valence-corrected chi connectivity index (χ4v) is 4.23. The van der Waals surface area contributed by atoms with E-state index in [2.05, 4.69) is 38.1 Å². The van der Waals surface area contributed by atoms with Gasteiger partial charge in [0.1, 0.15) is 16.2 Å². The molecule has 8 heteroatoms. The monoisotopic (exact) mass is 438 g/mol. The molecule has 0 unspecified atom stereocenters. The first kappa shape index (κ1) is 19.9. The van der Waals surface area contributed by atoms with Crippen LogP contribution in [0.2, 0.25) is 0 Å². The molecule has 6 nitrogen and oxygen atoms in total. The number of nitrogens with one attached hydrogen (secondary N) is 2. The van der Waals surface area contributed by atoms with Crippen LogP contribution in [0.15, 0.2) is 29.4 Å². The van der Waals surface area contributed by atoms with E-state index in [0.29, 0.717) is 24.0 Å². The maximum absolute atomic E-state index is 13.4. The normalized spacial score (nSPS) is 25.6. The molecule has 1 aliphatic carbocycles. The van der Waals surface area contributed by atoms with Gasteiger partial charge in [0, 0.05) is 43.6 Å². The first-order valence-electron chi connectivity index (χ1n) is 9.08. The SMILES string of the molecule is C=CCCCC(=O)N(C)C[C@@]12C[C@@H](C(=O)Nc3cc(F)cc(Br)n3)N[C@@H]1C2. The number of pyridine rings is 1. The standard InChI is InChI=1S/C19H24BrFN4O2/c1-3-4-5-6-17(26)25(2)11-19-9-13(22-14(19)10-19)18(27)24-16-8-12(21)7-15(20)23-16/h3,7-8,13-14,22H,1,4-6,9-11H2,2H3,(H,23,24,27)/t13-,14+,19-/m0/s1. The third-order valence-electron chi connectivity index (χ3n) is 5.31. The summed E-state index contributed by atoms with van der Waals surface area (Å²) < 4.78 is 13.8. The van der Waals surface area contributed by atoms with Crippen LogP contribution in [0.4, 0.5) is 10.2 Å². The molecule has 3 atom stereocenters. The summed E-state index contributed by atoms with van der Waals surface area (Å²) in [6.07, 6.45) is 5.60. The number of amides is 2. The lowest BCUT2D eigenvalue weighted by Crippen LogP contribution is -2.38. The van der Waals surface area contributed by atoms with E-state index in [-0.39, 0.29) is 35.1 Å². The maximum atomic E-state index is 13.4. The van der Waals surface area contributed by atoms with Crippen molar-refractivity contribution in [1.82, 2.24) is 15.2 Å². The van der Waals surface area contributed by atoms with Crippen molar-refractivity contribution in [1.29, 1.82) is 0 Å². The van der Waals surface area contributed by atoms with Crippen LogP contribution >= 0.6 is 15.9 Å². The zero-order valence-corrected chi connectivity index (χ0v) is 16.9. The van der Waals surface area contributed by atoms with Crippen LogP contribution in [0.25, 0.3) is 0 Å². The number of allylic oxidation sites excluding steroid dienone is 1. The van der Waals surface area contributed by atoms with Crippen molar-refractivity contribution in [2.75, 3.05) is 18.9 Å². The van der Waals surface area contributed by atoms with Crippen LogP contribution in [-0.4, -0.2) is 47.4 Å². The number of piperidine rings is 1. The minimum Gasteiger partial charge on any atom is -0.345 e. The molecule has 27 heavy (non-hydrogen) atoms. The van der Waals surface area contributed by atoms with Gasteiger partial charge < -0.3 is 15.5 Å². The fourth-order valence-electron chi connectivity index (χ4n) is 3.82. The van der Waals surface area contributed by atoms with Crippen LogP contribution < -0.4 is 10.6 Å². The number of hydrogen-bond acceptors (Lipinski definition) is 4. The van der Waals surface area contributed by atoms with Gasteiger partial charge in [-0.15, -0.1) is 6.58 Å². The lowest BCUT2D eigenvalue weighted by molar-refractivity contribution is -0.130. The van der Waals surface area contributed by atoms with Crippen molar-refractivity contribution in [2.24, 2.45) is 5.41 Å². The molecule has 0 spiro atoms. The average molecular weight is 439 g/mol. The highest BCUT2D eigenvalue weighted by Crippen LogP contribution is 2.55. The topological polar surface area (TPSA) is 74.3 Å². The number of carbonyl (C=O) groups is 2. The van der Waals surface area contributed by atoms with E-state index >= 15 is 0 Å². The van der Waals surface area contributed by atoms with Gasteiger partial charge in [0.25, 0.3) is 0 Å². The highest BCUT2D eigenvalue weighted by Gasteiger charge is 2.61. The lowest BCUT2D eigenvalue weighted by atomic mass is 9.98. The molecule has 0 radical (unpaired) electrons. The molecule has 1 aromatic heterocycles. The predicted molar refractivity (Wildman–Crippen MR) is 105 cm³/mol. The van der Waals surface area contributed by atoms with Gasteiger partial charge in [-0.3, -0.25) is 9.59 Å².